The number of likely N-dealkylation sites (N-methyl/N-ethyl adjacent to an activating group) is 1. The predicted octanol–water partition coefficient (Wildman–Crippen LogP) is 1.40. The van der Waals surface area contributed by atoms with Gasteiger partial charge in [0.2, 0.25) is 0 Å². The Bertz CT molecular complexity index is 457. The monoisotopic (exact) mass is 229 g/mol. The molecule has 3 aliphatic heterocycles. The zero-order valence-electron chi connectivity index (χ0n) is 10.3. The Morgan fingerprint density at radius 3 is 3.18 bits per heavy atom. The van der Waals surface area contributed by atoms with Crippen molar-refractivity contribution >= 4 is 11.4 Å². The summed E-state index contributed by atoms with van der Waals surface area (Å²) in [5.41, 5.74) is 4.54. The summed E-state index contributed by atoms with van der Waals surface area (Å²) in [5.74, 6) is 0.713. The minimum atomic E-state index is 0.713. The molecule has 3 heteroatoms. The lowest BCUT2D eigenvalue weighted by atomic mass is 9.90. The maximum absolute atomic E-state index is 3.55. The summed E-state index contributed by atoms with van der Waals surface area (Å²) in [4.78, 5) is 5.08. The molecule has 0 radical (unpaired) electrons. The van der Waals surface area contributed by atoms with Crippen molar-refractivity contribution < 1.29 is 0 Å². The summed E-state index contributed by atoms with van der Waals surface area (Å²) in [7, 11) is 2.22. The first kappa shape index (κ1) is 9.77. The van der Waals surface area contributed by atoms with Gasteiger partial charge in [-0.2, -0.15) is 0 Å². The number of hydrogen-bond donors (Lipinski definition) is 1. The third-order valence-electron chi connectivity index (χ3n) is 4.67. The van der Waals surface area contributed by atoms with Gasteiger partial charge >= 0.3 is 0 Å². The fraction of sp³-hybridized carbons (Fsp3) is 0.571. The molecule has 90 valence electrons. The van der Waals surface area contributed by atoms with Crippen molar-refractivity contribution in [3.8, 4) is 0 Å². The summed E-state index contributed by atoms with van der Waals surface area (Å²) >= 11 is 0. The summed E-state index contributed by atoms with van der Waals surface area (Å²) < 4.78 is 0. The van der Waals surface area contributed by atoms with Crippen molar-refractivity contribution in [3.05, 3.63) is 23.8 Å². The van der Waals surface area contributed by atoms with Gasteiger partial charge in [-0.1, -0.05) is 12.1 Å². The van der Waals surface area contributed by atoms with Gasteiger partial charge in [-0.25, -0.2) is 0 Å². The van der Waals surface area contributed by atoms with Crippen molar-refractivity contribution in [1.82, 2.24) is 5.32 Å². The van der Waals surface area contributed by atoms with E-state index < -0.39 is 0 Å². The van der Waals surface area contributed by atoms with Crippen LogP contribution >= 0.6 is 0 Å². The van der Waals surface area contributed by atoms with Crippen LogP contribution in [0, 0.1) is 0 Å². The van der Waals surface area contributed by atoms with E-state index in [-0.39, 0.29) is 0 Å². The number of anilines is 2. The Kier molecular flexibility index (Phi) is 1.95. The zero-order chi connectivity index (χ0) is 11.4. The molecule has 3 heterocycles. The zero-order valence-corrected chi connectivity index (χ0v) is 10.3. The van der Waals surface area contributed by atoms with E-state index in [0.29, 0.717) is 5.92 Å². The number of fused-ring (bicyclic) bond motifs is 3. The maximum atomic E-state index is 3.55. The van der Waals surface area contributed by atoms with Gasteiger partial charge < -0.3 is 15.1 Å². The Morgan fingerprint density at radius 2 is 2.24 bits per heavy atom. The summed E-state index contributed by atoms with van der Waals surface area (Å²) in [6, 6.07) is 7.59. The fourth-order valence-corrected chi connectivity index (χ4v) is 3.83. The van der Waals surface area contributed by atoms with Gasteiger partial charge in [-0.3, -0.25) is 0 Å². The molecule has 0 amide bonds. The molecule has 1 aromatic rings. The smallest absolute Gasteiger partial charge is 0.0644 e. The SMILES string of the molecule is CN1CCN2c3c(cccc31)C1CNCC[C@@H]12. The Balaban J connectivity index is 1.89. The minimum Gasteiger partial charge on any atom is -0.371 e. The summed E-state index contributed by atoms with van der Waals surface area (Å²) in [6.07, 6.45) is 1.29. The van der Waals surface area contributed by atoms with Gasteiger partial charge in [-0.15, -0.1) is 0 Å². The van der Waals surface area contributed by atoms with Crippen LogP contribution in [0.5, 0.6) is 0 Å². The van der Waals surface area contributed by atoms with Crippen LogP contribution < -0.4 is 15.1 Å². The second kappa shape index (κ2) is 3.39. The van der Waals surface area contributed by atoms with Gasteiger partial charge in [0.1, 0.15) is 0 Å². The van der Waals surface area contributed by atoms with E-state index in [9.17, 15) is 0 Å². The van der Waals surface area contributed by atoms with Crippen LogP contribution in [0.2, 0.25) is 0 Å². The Hall–Kier alpha value is -1.22. The molecule has 4 rings (SSSR count). The molecule has 1 N–H and O–H groups in total. The van der Waals surface area contributed by atoms with E-state index in [0.717, 1.165) is 19.1 Å². The number of benzene rings is 1. The molecule has 0 spiro atoms. The number of nitrogens with one attached hydrogen (secondary N) is 1. The van der Waals surface area contributed by atoms with E-state index in [1.807, 2.05) is 0 Å². The molecule has 1 saturated heterocycles. The third kappa shape index (κ3) is 1.20. The molecule has 1 fully saturated rings. The number of piperidine rings is 1. The van der Waals surface area contributed by atoms with Crippen molar-refractivity contribution in [2.75, 3.05) is 43.0 Å². The number of para-hydroxylation sites is 1. The van der Waals surface area contributed by atoms with Crippen LogP contribution in [-0.2, 0) is 0 Å². The number of nitrogens with zero attached hydrogens (tertiary/aromatic N) is 2. The van der Waals surface area contributed by atoms with E-state index >= 15 is 0 Å². The molecule has 2 atom stereocenters. The quantitative estimate of drug-likeness (QED) is 0.725. The van der Waals surface area contributed by atoms with Gasteiger partial charge in [0.15, 0.2) is 0 Å². The lowest BCUT2D eigenvalue weighted by Crippen LogP contribution is -2.48. The lowest BCUT2D eigenvalue weighted by molar-refractivity contribution is 0.402. The molecule has 3 aliphatic rings. The highest BCUT2D eigenvalue weighted by atomic mass is 15.3. The molecular weight excluding hydrogens is 210 g/mol. The first-order valence-electron chi connectivity index (χ1n) is 6.67. The molecule has 0 aliphatic carbocycles. The molecule has 1 aromatic carbocycles. The molecule has 0 aromatic heterocycles. The van der Waals surface area contributed by atoms with Crippen molar-refractivity contribution in [3.63, 3.8) is 0 Å². The molecule has 0 bridgehead atoms. The minimum absolute atomic E-state index is 0.713. The molecule has 1 unspecified atom stereocenters. The molecule has 17 heavy (non-hydrogen) atoms. The van der Waals surface area contributed by atoms with E-state index in [1.165, 1.54) is 30.9 Å². The summed E-state index contributed by atoms with van der Waals surface area (Å²) in [6.45, 7) is 4.69. The second-order valence-corrected chi connectivity index (χ2v) is 5.50. The van der Waals surface area contributed by atoms with Gasteiger partial charge in [0.05, 0.1) is 11.4 Å². The lowest BCUT2D eigenvalue weighted by Gasteiger charge is -2.39. The largest absolute Gasteiger partial charge is 0.371 e. The Morgan fingerprint density at radius 1 is 1.29 bits per heavy atom. The number of hydrogen-bond acceptors (Lipinski definition) is 3. The third-order valence-corrected chi connectivity index (χ3v) is 4.67. The van der Waals surface area contributed by atoms with Crippen molar-refractivity contribution in [2.24, 2.45) is 0 Å². The first-order valence-corrected chi connectivity index (χ1v) is 6.67. The second-order valence-electron chi connectivity index (χ2n) is 5.50. The molecular formula is C14H19N3. The summed E-state index contributed by atoms with van der Waals surface area (Å²) in [5, 5.41) is 3.55. The van der Waals surface area contributed by atoms with Gasteiger partial charge in [-0.05, 0) is 24.6 Å². The highest BCUT2D eigenvalue weighted by molar-refractivity contribution is 5.80. The number of rotatable bonds is 0. The van der Waals surface area contributed by atoms with Crippen LogP contribution in [0.15, 0.2) is 18.2 Å². The van der Waals surface area contributed by atoms with E-state index in [1.54, 1.807) is 5.56 Å². The van der Waals surface area contributed by atoms with E-state index in [2.05, 4.69) is 40.4 Å². The normalized spacial score (nSPS) is 30.2. The van der Waals surface area contributed by atoms with Crippen LogP contribution in [0.25, 0.3) is 0 Å². The molecule has 0 saturated carbocycles. The first-order chi connectivity index (χ1) is 8.36. The highest BCUT2D eigenvalue weighted by Crippen LogP contribution is 2.49. The van der Waals surface area contributed by atoms with Crippen molar-refractivity contribution in [1.29, 1.82) is 0 Å². The molecule has 3 nitrogen and oxygen atoms in total. The predicted molar refractivity (Wildman–Crippen MR) is 71.1 cm³/mol. The maximum Gasteiger partial charge on any atom is 0.0644 e. The van der Waals surface area contributed by atoms with Crippen LogP contribution in [0.3, 0.4) is 0 Å². The van der Waals surface area contributed by atoms with Crippen molar-refractivity contribution in [2.45, 2.75) is 18.4 Å². The fourth-order valence-electron chi connectivity index (χ4n) is 3.83. The average molecular weight is 229 g/mol. The van der Waals surface area contributed by atoms with E-state index in [4.69, 9.17) is 0 Å². The Labute approximate surface area is 102 Å². The van der Waals surface area contributed by atoms with Crippen LogP contribution in [-0.4, -0.2) is 39.3 Å². The van der Waals surface area contributed by atoms with Gasteiger partial charge in [0.25, 0.3) is 0 Å². The van der Waals surface area contributed by atoms with Gasteiger partial charge in [0, 0.05) is 38.6 Å². The highest BCUT2D eigenvalue weighted by Gasteiger charge is 2.42. The standard InChI is InChI=1S/C14H19N3/c1-16-7-8-17-12-5-6-15-9-11(12)10-3-2-4-13(16)14(10)17/h2-4,11-12,15H,5-9H2,1H3/t11?,12-/m0/s1. The van der Waals surface area contributed by atoms with Crippen LogP contribution in [0.4, 0.5) is 11.4 Å². The van der Waals surface area contributed by atoms with Crippen LogP contribution in [0.1, 0.15) is 17.9 Å². The average Bonchev–Trinajstić information content (AvgIpc) is 2.70. The topological polar surface area (TPSA) is 18.5 Å².